The van der Waals surface area contributed by atoms with E-state index < -0.39 is 0 Å². The molecule has 0 spiro atoms. The quantitative estimate of drug-likeness (QED) is 0.280. The van der Waals surface area contributed by atoms with Crippen LogP contribution >= 0.6 is 0 Å². The second-order valence-electron chi connectivity index (χ2n) is 7.50. The number of nitrogens with zero attached hydrogens (tertiary/aromatic N) is 2. The predicted molar refractivity (Wildman–Crippen MR) is 157 cm³/mol. The smallest absolute Gasteiger partial charge is 0.0774 e. The Bertz CT molecular complexity index is 904. The van der Waals surface area contributed by atoms with Gasteiger partial charge in [0.15, 0.2) is 0 Å². The summed E-state index contributed by atoms with van der Waals surface area (Å²) in [5, 5.41) is 15.8. The Labute approximate surface area is 213 Å². The molecule has 0 fully saturated rings. The number of aliphatic hydroxyl groups is 1. The number of aliphatic imine (C=N–C) groups is 1. The van der Waals surface area contributed by atoms with Gasteiger partial charge >= 0.3 is 0 Å². The monoisotopic (exact) mass is 486 g/mol. The maximum Gasteiger partial charge on any atom is 0.0774 e. The minimum Gasteiger partial charge on any atom is -0.404 e. The second-order valence-corrected chi connectivity index (χ2v) is 7.50. The van der Waals surface area contributed by atoms with Crippen LogP contribution in [-0.4, -0.2) is 42.7 Å². The van der Waals surface area contributed by atoms with Gasteiger partial charge in [-0.05, 0) is 61.9 Å². The molecule has 0 atom stereocenters. The number of fused-ring (bicyclic) bond motifs is 3. The first-order valence-corrected chi connectivity index (χ1v) is 12.9. The summed E-state index contributed by atoms with van der Waals surface area (Å²) in [6, 6.07) is 3.76. The molecular weight excluding hydrogens is 436 g/mol. The number of nitrogens with two attached hydrogens (primary N) is 3. The highest BCUT2D eigenvalue weighted by Gasteiger charge is 2.21. The lowest BCUT2D eigenvalue weighted by Gasteiger charge is -2.22. The number of anilines is 1. The van der Waals surface area contributed by atoms with Crippen molar-refractivity contribution in [2.75, 3.05) is 25.9 Å². The topological polar surface area (TPSA) is 147 Å². The van der Waals surface area contributed by atoms with E-state index in [9.17, 15) is 0 Å². The van der Waals surface area contributed by atoms with Crippen LogP contribution in [0.25, 0.3) is 16.5 Å². The molecule has 1 aromatic heterocycles. The van der Waals surface area contributed by atoms with Crippen LogP contribution in [-0.2, 0) is 12.8 Å². The minimum absolute atomic E-state index is 0.629. The average Bonchev–Trinajstić information content (AvgIpc) is 2.90. The molecule has 198 valence electrons. The molecule has 0 amide bonds. The molecule has 8 N–H and O–H groups in total. The number of aromatic nitrogens is 1. The van der Waals surface area contributed by atoms with Crippen LogP contribution in [0, 0.1) is 5.41 Å². The Morgan fingerprint density at radius 2 is 1.63 bits per heavy atom. The predicted octanol–water partition coefficient (Wildman–Crippen LogP) is 5.49. The summed E-state index contributed by atoms with van der Waals surface area (Å²) < 4.78 is 0. The summed E-state index contributed by atoms with van der Waals surface area (Å²) in [5.41, 5.74) is 23.4. The van der Waals surface area contributed by atoms with Crippen LogP contribution in [0.2, 0.25) is 0 Å². The number of aliphatic hydroxyl groups excluding tert-OH is 1. The molecule has 7 nitrogen and oxygen atoms in total. The number of hydrogen-bond donors (Lipinski definition) is 5. The normalized spacial score (nSPS) is 12.0. The number of aryl methyl sites for hydroxylation is 1. The van der Waals surface area contributed by atoms with E-state index in [1.54, 1.807) is 6.20 Å². The van der Waals surface area contributed by atoms with Crippen molar-refractivity contribution >= 4 is 34.6 Å². The fraction of sp³-hybridized carbons (Fsp3) is 0.536. The number of nitrogen functional groups attached to an aromatic ring is 1. The van der Waals surface area contributed by atoms with Crippen LogP contribution in [0.5, 0.6) is 0 Å². The number of rotatable bonds is 5. The van der Waals surface area contributed by atoms with Crippen molar-refractivity contribution in [2.24, 2.45) is 16.5 Å². The zero-order chi connectivity index (χ0) is 27.2. The molecule has 0 saturated heterocycles. The Balaban J connectivity index is 0. The molecule has 2 aromatic rings. The van der Waals surface area contributed by atoms with E-state index in [2.05, 4.69) is 25.8 Å². The lowest BCUT2D eigenvalue weighted by atomic mass is 9.85. The van der Waals surface area contributed by atoms with Gasteiger partial charge in [0, 0.05) is 54.5 Å². The molecule has 1 aliphatic carbocycles. The van der Waals surface area contributed by atoms with E-state index in [1.807, 2.05) is 39.1 Å². The lowest BCUT2D eigenvalue weighted by molar-refractivity contribution is 0.399. The van der Waals surface area contributed by atoms with Gasteiger partial charge in [-0.25, -0.2) is 4.98 Å². The molecule has 35 heavy (non-hydrogen) atoms. The molecule has 7 heteroatoms. The zero-order valence-corrected chi connectivity index (χ0v) is 23.1. The Hall–Kier alpha value is -2.77. The molecule has 0 bridgehead atoms. The molecule has 1 aromatic carbocycles. The summed E-state index contributed by atoms with van der Waals surface area (Å²) in [5.74, 6) is 0. The van der Waals surface area contributed by atoms with Crippen molar-refractivity contribution in [1.29, 1.82) is 5.41 Å². The Kier molecular flexibility index (Phi) is 21.4. The average molecular weight is 487 g/mol. The standard InChI is InChI=1S/C20H25N5.C3H8.C2H7N.C2H6.CH4O/c1-2-9-24-12-13(10-21)20-15-6-4-3-5-14(15)19-16(11-22)17(23)7-8-18(19)25-20;1-3-2;1-2-3;2*1-2/h7-8,10-12,22H,2-6,9,21,23H2,1H3;3H2,1-2H3;2-3H2,1H3;1-2H3;2H,1H3/b13-10+,22-11?,24-12?;;;;. The van der Waals surface area contributed by atoms with E-state index in [1.165, 1.54) is 23.8 Å². The highest BCUT2D eigenvalue weighted by atomic mass is 16.2. The van der Waals surface area contributed by atoms with Gasteiger partial charge < -0.3 is 27.7 Å². The van der Waals surface area contributed by atoms with E-state index in [0.717, 1.165) is 80.0 Å². The van der Waals surface area contributed by atoms with Crippen LogP contribution in [0.3, 0.4) is 0 Å². The molecule has 0 radical (unpaired) electrons. The van der Waals surface area contributed by atoms with Crippen LogP contribution in [0.15, 0.2) is 23.3 Å². The van der Waals surface area contributed by atoms with Crippen molar-refractivity contribution in [1.82, 2.24) is 4.98 Å². The van der Waals surface area contributed by atoms with Crippen molar-refractivity contribution in [3.63, 3.8) is 0 Å². The lowest BCUT2D eigenvalue weighted by Crippen LogP contribution is -2.12. The molecule has 0 aliphatic heterocycles. The van der Waals surface area contributed by atoms with Gasteiger partial charge in [0.05, 0.1) is 11.2 Å². The fourth-order valence-electron chi connectivity index (χ4n) is 3.53. The first kappa shape index (κ1) is 34.4. The maximum absolute atomic E-state index is 7.79. The van der Waals surface area contributed by atoms with Gasteiger partial charge in [0.25, 0.3) is 0 Å². The van der Waals surface area contributed by atoms with Gasteiger partial charge in [0.2, 0.25) is 0 Å². The Morgan fingerprint density at radius 1 is 1.09 bits per heavy atom. The van der Waals surface area contributed by atoms with Gasteiger partial charge in [-0.15, -0.1) is 0 Å². The summed E-state index contributed by atoms with van der Waals surface area (Å²) in [6.45, 7) is 13.8. The summed E-state index contributed by atoms with van der Waals surface area (Å²) in [7, 11) is 1.00. The molecule has 0 saturated carbocycles. The third kappa shape index (κ3) is 10.6. The molecule has 1 aliphatic rings. The second kappa shape index (κ2) is 21.7. The number of allylic oxidation sites excluding steroid dienone is 1. The highest BCUT2D eigenvalue weighted by molar-refractivity contribution is 6.11. The van der Waals surface area contributed by atoms with E-state index in [0.29, 0.717) is 5.69 Å². The number of hydrogen-bond acceptors (Lipinski definition) is 7. The van der Waals surface area contributed by atoms with Gasteiger partial charge in [-0.3, -0.25) is 4.99 Å². The summed E-state index contributed by atoms with van der Waals surface area (Å²) in [4.78, 5) is 9.33. The number of nitrogens with one attached hydrogen (secondary N) is 1. The zero-order valence-electron chi connectivity index (χ0n) is 23.1. The minimum atomic E-state index is 0.629. The maximum atomic E-state index is 7.79. The van der Waals surface area contributed by atoms with Crippen LogP contribution in [0.1, 0.15) is 89.6 Å². The molecule has 3 rings (SSSR count). The van der Waals surface area contributed by atoms with Gasteiger partial charge in [-0.2, -0.15) is 0 Å². The van der Waals surface area contributed by atoms with E-state index in [-0.39, 0.29) is 0 Å². The van der Waals surface area contributed by atoms with Gasteiger partial charge in [0.1, 0.15) is 0 Å². The van der Waals surface area contributed by atoms with Gasteiger partial charge in [-0.1, -0.05) is 48.0 Å². The highest BCUT2D eigenvalue weighted by Crippen LogP contribution is 2.35. The number of benzene rings is 1. The molecule has 1 heterocycles. The summed E-state index contributed by atoms with van der Waals surface area (Å²) >= 11 is 0. The molecule has 0 unspecified atom stereocenters. The van der Waals surface area contributed by atoms with E-state index in [4.69, 9.17) is 32.7 Å². The largest absolute Gasteiger partial charge is 0.404 e. The van der Waals surface area contributed by atoms with Crippen molar-refractivity contribution in [3.8, 4) is 0 Å². The van der Waals surface area contributed by atoms with Crippen molar-refractivity contribution < 1.29 is 5.11 Å². The third-order valence-electron chi connectivity index (χ3n) is 4.73. The Morgan fingerprint density at radius 3 is 2.11 bits per heavy atom. The first-order valence-electron chi connectivity index (χ1n) is 12.9. The summed E-state index contributed by atoms with van der Waals surface area (Å²) in [6.07, 6.45) is 11.3. The third-order valence-corrected chi connectivity index (χ3v) is 4.73. The van der Waals surface area contributed by atoms with Crippen LogP contribution < -0.4 is 17.2 Å². The molecular formula is C28H50N6O. The van der Waals surface area contributed by atoms with Crippen molar-refractivity contribution in [2.45, 2.75) is 80.1 Å². The van der Waals surface area contributed by atoms with E-state index >= 15 is 0 Å². The van der Waals surface area contributed by atoms with Crippen LogP contribution in [0.4, 0.5) is 5.69 Å². The fourth-order valence-corrected chi connectivity index (χ4v) is 3.53. The SMILES string of the molecule is CC.CCC.CCCN=C/C(=C\N)c1nc2ccc(N)c(C=N)c2c2c1CCCC2.CCN.CO. The van der Waals surface area contributed by atoms with Crippen molar-refractivity contribution in [3.05, 3.63) is 40.7 Å². The first-order chi connectivity index (χ1) is 17.0. The number of pyridine rings is 1.